The van der Waals surface area contributed by atoms with Crippen molar-refractivity contribution in [3.63, 3.8) is 0 Å². The molecule has 0 rings (SSSR count). The standard InChI is InChI=1S/C15H24O7/c1-11(2)14(18)21-9-8-20-12(16)6-7-13(17)22-15(3,4)10-19-5/h1,6-10H2,2-5H3. The number of hydrogen-bond donors (Lipinski definition) is 0. The van der Waals surface area contributed by atoms with Gasteiger partial charge in [0.25, 0.3) is 0 Å². The Bertz CT molecular complexity index is 412. The van der Waals surface area contributed by atoms with Gasteiger partial charge in [-0.2, -0.15) is 0 Å². The molecule has 7 nitrogen and oxygen atoms in total. The minimum Gasteiger partial charge on any atom is -0.462 e. The molecule has 0 radical (unpaired) electrons. The van der Waals surface area contributed by atoms with E-state index >= 15 is 0 Å². The Morgan fingerprint density at radius 1 is 1.00 bits per heavy atom. The summed E-state index contributed by atoms with van der Waals surface area (Å²) in [6.07, 6.45) is -0.187. The lowest BCUT2D eigenvalue weighted by Gasteiger charge is -2.23. The molecular formula is C15H24O7. The monoisotopic (exact) mass is 316 g/mol. The fraction of sp³-hybridized carbons (Fsp3) is 0.667. The lowest BCUT2D eigenvalue weighted by atomic mass is 10.1. The topological polar surface area (TPSA) is 88.1 Å². The third kappa shape index (κ3) is 9.93. The molecule has 0 spiro atoms. The Kier molecular flexibility index (Phi) is 9.09. The molecule has 0 aliphatic carbocycles. The van der Waals surface area contributed by atoms with Gasteiger partial charge in [0.15, 0.2) is 0 Å². The van der Waals surface area contributed by atoms with E-state index in [9.17, 15) is 14.4 Å². The molecule has 0 aromatic carbocycles. The highest BCUT2D eigenvalue weighted by Gasteiger charge is 2.23. The summed E-state index contributed by atoms with van der Waals surface area (Å²) >= 11 is 0. The van der Waals surface area contributed by atoms with Crippen molar-refractivity contribution in [2.75, 3.05) is 26.9 Å². The minimum atomic E-state index is -0.744. The highest BCUT2D eigenvalue weighted by atomic mass is 16.6. The van der Waals surface area contributed by atoms with Crippen molar-refractivity contribution >= 4 is 17.9 Å². The van der Waals surface area contributed by atoms with Gasteiger partial charge >= 0.3 is 17.9 Å². The van der Waals surface area contributed by atoms with Gasteiger partial charge in [0, 0.05) is 12.7 Å². The zero-order valence-corrected chi connectivity index (χ0v) is 13.6. The fourth-order valence-corrected chi connectivity index (χ4v) is 1.43. The molecule has 0 N–H and O–H groups in total. The summed E-state index contributed by atoms with van der Waals surface area (Å²) in [5.41, 5.74) is -0.473. The second-order valence-corrected chi connectivity index (χ2v) is 5.30. The molecule has 0 atom stereocenters. The second kappa shape index (κ2) is 9.94. The van der Waals surface area contributed by atoms with Gasteiger partial charge in [0.05, 0.1) is 19.4 Å². The lowest BCUT2D eigenvalue weighted by molar-refractivity contribution is -0.163. The Labute approximate surface area is 130 Å². The summed E-state index contributed by atoms with van der Waals surface area (Å²) in [6, 6.07) is 0. The van der Waals surface area contributed by atoms with Crippen molar-refractivity contribution in [3.8, 4) is 0 Å². The van der Waals surface area contributed by atoms with Gasteiger partial charge in [0.1, 0.15) is 18.8 Å². The molecule has 0 saturated carbocycles. The molecule has 0 aromatic heterocycles. The highest BCUT2D eigenvalue weighted by Crippen LogP contribution is 2.11. The number of esters is 3. The predicted molar refractivity (Wildman–Crippen MR) is 78.0 cm³/mol. The molecule has 7 heteroatoms. The molecule has 0 saturated heterocycles. The third-order valence-corrected chi connectivity index (χ3v) is 2.34. The molecule has 0 unspecified atom stereocenters. The van der Waals surface area contributed by atoms with Crippen LogP contribution >= 0.6 is 0 Å². The molecule has 0 heterocycles. The SMILES string of the molecule is C=C(C)C(=O)OCCOC(=O)CCC(=O)OC(C)(C)COC. The number of methoxy groups -OCH3 is 1. The summed E-state index contributed by atoms with van der Waals surface area (Å²) in [5, 5.41) is 0. The zero-order chi connectivity index (χ0) is 17.2. The van der Waals surface area contributed by atoms with E-state index in [0.29, 0.717) is 0 Å². The maximum absolute atomic E-state index is 11.6. The molecule has 0 aromatic rings. The van der Waals surface area contributed by atoms with Gasteiger partial charge < -0.3 is 18.9 Å². The van der Waals surface area contributed by atoms with Gasteiger partial charge in [-0.25, -0.2) is 4.79 Å². The third-order valence-electron chi connectivity index (χ3n) is 2.34. The van der Waals surface area contributed by atoms with E-state index in [4.69, 9.17) is 18.9 Å². The summed E-state index contributed by atoms with van der Waals surface area (Å²) in [4.78, 5) is 34.0. The van der Waals surface area contributed by atoms with Crippen LogP contribution in [0.25, 0.3) is 0 Å². The second-order valence-electron chi connectivity index (χ2n) is 5.30. The van der Waals surface area contributed by atoms with Crippen LogP contribution in [-0.2, 0) is 33.3 Å². The van der Waals surface area contributed by atoms with Crippen molar-refractivity contribution in [3.05, 3.63) is 12.2 Å². The fourth-order valence-electron chi connectivity index (χ4n) is 1.43. The van der Waals surface area contributed by atoms with E-state index in [1.54, 1.807) is 13.8 Å². The van der Waals surface area contributed by atoms with Crippen LogP contribution in [0.1, 0.15) is 33.6 Å². The van der Waals surface area contributed by atoms with Crippen LogP contribution in [0.2, 0.25) is 0 Å². The van der Waals surface area contributed by atoms with E-state index in [-0.39, 0.29) is 38.2 Å². The van der Waals surface area contributed by atoms with Crippen molar-refractivity contribution in [2.45, 2.75) is 39.2 Å². The van der Waals surface area contributed by atoms with Gasteiger partial charge in [-0.15, -0.1) is 0 Å². The van der Waals surface area contributed by atoms with E-state index < -0.39 is 23.5 Å². The van der Waals surface area contributed by atoms with Crippen LogP contribution in [0.15, 0.2) is 12.2 Å². The molecular weight excluding hydrogens is 292 g/mol. The van der Waals surface area contributed by atoms with Crippen LogP contribution in [0.5, 0.6) is 0 Å². The summed E-state index contributed by atoms with van der Waals surface area (Å²) in [7, 11) is 1.51. The molecule has 22 heavy (non-hydrogen) atoms. The molecule has 126 valence electrons. The van der Waals surface area contributed by atoms with E-state index in [0.717, 1.165) is 0 Å². The van der Waals surface area contributed by atoms with Crippen molar-refractivity contribution in [1.29, 1.82) is 0 Å². The Morgan fingerprint density at radius 2 is 1.55 bits per heavy atom. The molecule has 0 bridgehead atoms. The summed E-state index contributed by atoms with van der Waals surface area (Å²) < 4.78 is 19.7. The first-order chi connectivity index (χ1) is 10.2. The van der Waals surface area contributed by atoms with Gasteiger partial charge in [-0.1, -0.05) is 6.58 Å². The molecule has 0 aliphatic rings. The molecule has 0 aliphatic heterocycles. The van der Waals surface area contributed by atoms with E-state index in [1.165, 1.54) is 14.0 Å². The molecule has 0 fully saturated rings. The van der Waals surface area contributed by atoms with Crippen molar-refractivity contribution < 1.29 is 33.3 Å². The molecule has 0 amide bonds. The maximum Gasteiger partial charge on any atom is 0.333 e. The van der Waals surface area contributed by atoms with Crippen LogP contribution in [0.3, 0.4) is 0 Å². The summed E-state index contributed by atoms with van der Waals surface area (Å²) in [5.74, 6) is -1.61. The predicted octanol–water partition coefficient (Wildman–Crippen LogP) is 1.40. The Hall–Kier alpha value is -1.89. The first-order valence-corrected chi connectivity index (χ1v) is 6.87. The number of ether oxygens (including phenoxy) is 4. The zero-order valence-electron chi connectivity index (χ0n) is 13.6. The smallest absolute Gasteiger partial charge is 0.333 e. The number of hydrogen-bond acceptors (Lipinski definition) is 7. The normalized spacial score (nSPS) is 10.7. The van der Waals surface area contributed by atoms with E-state index in [2.05, 4.69) is 6.58 Å². The Morgan fingerprint density at radius 3 is 2.09 bits per heavy atom. The van der Waals surface area contributed by atoms with Gasteiger partial charge in [0.2, 0.25) is 0 Å². The number of carbonyl (C=O) groups is 3. The van der Waals surface area contributed by atoms with Crippen molar-refractivity contribution in [1.82, 2.24) is 0 Å². The highest BCUT2D eigenvalue weighted by molar-refractivity contribution is 5.86. The van der Waals surface area contributed by atoms with E-state index in [1.807, 2.05) is 0 Å². The van der Waals surface area contributed by atoms with Crippen LogP contribution in [0.4, 0.5) is 0 Å². The number of carbonyl (C=O) groups excluding carboxylic acids is 3. The summed E-state index contributed by atoms with van der Waals surface area (Å²) in [6.45, 7) is 8.50. The van der Waals surface area contributed by atoms with Crippen molar-refractivity contribution in [2.24, 2.45) is 0 Å². The van der Waals surface area contributed by atoms with Crippen LogP contribution in [-0.4, -0.2) is 50.4 Å². The largest absolute Gasteiger partial charge is 0.462 e. The lowest BCUT2D eigenvalue weighted by Crippen LogP contribution is -2.33. The van der Waals surface area contributed by atoms with Gasteiger partial charge in [-0.05, 0) is 20.8 Å². The van der Waals surface area contributed by atoms with Gasteiger partial charge in [-0.3, -0.25) is 9.59 Å². The Balaban J connectivity index is 3.83. The first kappa shape index (κ1) is 20.1. The van der Waals surface area contributed by atoms with Crippen LogP contribution in [0, 0.1) is 0 Å². The average Bonchev–Trinajstić information content (AvgIpc) is 2.40. The van der Waals surface area contributed by atoms with Crippen LogP contribution < -0.4 is 0 Å². The first-order valence-electron chi connectivity index (χ1n) is 6.87. The minimum absolute atomic E-state index is 0.0528. The number of rotatable bonds is 10. The average molecular weight is 316 g/mol. The quantitative estimate of drug-likeness (QED) is 0.260. The maximum atomic E-state index is 11.6.